The van der Waals surface area contributed by atoms with Gasteiger partial charge in [-0.2, -0.15) is 83.4 Å². The highest BCUT2D eigenvalue weighted by Crippen LogP contribution is 2.63. The minimum absolute atomic E-state index is 0.176. The first-order valence-electron chi connectivity index (χ1n) is 11.5. The molecule has 43 heavy (non-hydrogen) atoms. The first-order valence-corrected chi connectivity index (χ1v) is 11.5. The van der Waals surface area contributed by atoms with Crippen molar-refractivity contribution < 1.29 is 97.7 Å². The predicted octanol–water partition coefficient (Wildman–Crippen LogP) is 8.64. The molecule has 1 fully saturated rings. The molecule has 0 aromatic carbocycles. The van der Waals surface area contributed by atoms with Crippen molar-refractivity contribution in [1.29, 1.82) is 0 Å². The zero-order valence-corrected chi connectivity index (χ0v) is 20.7. The standard InChI is InChI=1S/C21H18F20O2/c1-8(6-12(42,15(23,24)20(36,37)38)14(22,18(30,31)32)19(33,34)35)7-13(17(27,28)29,16(25,26)21(39,40)41)43-11-5-9-2-3-10(11)4-9/h2-3,8-11,42H,4-7H2,1H3. The van der Waals surface area contributed by atoms with Gasteiger partial charge in [-0.3, -0.25) is 0 Å². The van der Waals surface area contributed by atoms with Crippen LogP contribution in [-0.2, 0) is 4.74 Å². The van der Waals surface area contributed by atoms with Crippen LogP contribution in [0, 0.1) is 17.8 Å². The van der Waals surface area contributed by atoms with Gasteiger partial charge in [0.05, 0.1) is 6.10 Å². The van der Waals surface area contributed by atoms with Crippen molar-refractivity contribution in [1.82, 2.24) is 0 Å². The van der Waals surface area contributed by atoms with Crippen LogP contribution < -0.4 is 0 Å². The molecule has 0 spiro atoms. The third kappa shape index (κ3) is 5.64. The third-order valence-electron chi connectivity index (χ3n) is 7.40. The summed E-state index contributed by atoms with van der Waals surface area (Å²) in [6.45, 7) is -0.387. The normalized spacial score (nSPS) is 26.4. The van der Waals surface area contributed by atoms with Gasteiger partial charge in [0, 0.05) is 5.92 Å². The van der Waals surface area contributed by atoms with Crippen LogP contribution in [0.3, 0.4) is 0 Å². The van der Waals surface area contributed by atoms with Crippen LogP contribution in [0.5, 0.6) is 0 Å². The summed E-state index contributed by atoms with van der Waals surface area (Å²) in [5.41, 5.74) is -21.3. The van der Waals surface area contributed by atoms with E-state index in [-0.39, 0.29) is 13.3 Å². The van der Waals surface area contributed by atoms with Crippen LogP contribution in [0.1, 0.15) is 32.6 Å². The summed E-state index contributed by atoms with van der Waals surface area (Å²) in [7, 11) is 0. The van der Waals surface area contributed by atoms with Gasteiger partial charge in [0.25, 0.3) is 0 Å². The molecule has 254 valence electrons. The fraction of sp³-hybridized carbons (Fsp3) is 0.905. The maximum absolute atomic E-state index is 14.7. The van der Waals surface area contributed by atoms with Crippen molar-refractivity contribution in [3.05, 3.63) is 12.2 Å². The summed E-state index contributed by atoms with van der Waals surface area (Å²) in [5, 5.41) is 9.74. The molecule has 1 N–H and O–H groups in total. The Hall–Kier alpha value is -1.74. The number of rotatable bonds is 9. The van der Waals surface area contributed by atoms with E-state index in [1.54, 1.807) is 0 Å². The van der Waals surface area contributed by atoms with Crippen LogP contribution in [0.25, 0.3) is 0 Å². The molecule has 2 rings (SSSR count). The highest BCUT2D eigenvalue weighted by molar-refractivity contribution is 5.19. The number of fused-ring (bicyclic) bond motifs is 2. The second-order valence-corrected chi connectivity index (χ2v) is 10.4. The molecule has 0 heterocycles. The average molecular weight is 682 g/mol. The second kappa shape index (κ2) is 10.4. The fourth-order valence-electron chi connectivity index (χ4n) is 5.38. The lowest BCUT2D eigenvalue weighted by molar-refractivity contribution is -0.447. The quantitative estimate of drug-likeness (QED) is 0.195. The second-order valence-electron chi connectivity index (χ2n) is 10.4. The minimum Gasteiger partial charge on any atom is -0.379 e. The molecule has 0 amide bonds. The van der Waals surface area contributed by atoms with E-state index in [4.69, 9.17) is 0 Å². The van der Waals surface area contributed by atoms with Crippen molar-refractivity contribution in [3.8, 4) is 0 Å². The Morgan fingerprint density at radius 2 is 1.05 bits per heavy atom. The lowest BCUT2D eigenvalue weighted by atomic mass is 9.70. The molecule has 0 aromatic heterocycles. The molecular formula is C21H18F20O2. The lowest BCUT2D eigenvalue weighted by Crippen LogP contribution is -2.77. The third-order valence-corrected chi connectivity index (χ3v) is 7.40. The Morgan fingerprint density at radius 1 is 0.605 bits per heavy atom. The maximum Gasteiger partial charge on any atom is 0.456 e. The first-order chi connectivity index (χ1) is 18.6. The number of halogens is 20. The number of alkyl halides is 20. The van der Waals surface area contributed by atoms with Crippen molar-refractivity contribution in [2.24, 2.45) is 17.8 Å². The average Bonchev–Trinajstić information content (AvgIpc) is 3.36. The molecule has 22 heteroatoms. The minimum atomic E-state index is -8.04. The molecule has 6 unspecified atom stereocenters. The van der Waals surface area contributed by atoms with Crippen LogP contribution in [0.15, 0.2) is 12.2 Å². The van der Waals surface area contributed by atoms with Gasteiger partial charge < -0.3 is 9.84 Å². The van der Waals surface area contributed by atoms with E-state index in [2.05, 4.69) is 4.74 Å². The SMILES string of the molecule is CC(CC(O)(C(F)(F)C(F)(F)F)C(F)(C(F)(F)F)C(F)(F)F)CC(OC1CC2C=CC1C2)(C(F)(F)F)C(F)(F)C(F)(F)F. The predicted molar refractivity (Wildman–Crippen MR) is 100 cm³/mol. The van der Waals surface area contributed by atoms with Crippen molar-refractivity contribution in [2.45, 2.75) is 98.3 Å². The maximum atomic E-state index is 14.7. The van der Waals surface area contributed by atoms with Crippen molar-refractivity contribution >= 4 is 0 Å². The lowest BCUT2D eigenvalue weighted by Gasteiger charge is -2.49. The Morgan fingerprint density at radius 3 is 1.35 bits per heavy atom. The smallest absolute Gasteiger partial charge is 0.379 e. The van der Waals surface area contributed by atoms with Crippen LogP contribution >= 0.6 is 0 Å². The van der Waals surface area contributed by atoms with E-state index in [1.165, 1.54) is 6.08 Å². The van der Waals surface area contributed by atoms with E-state index in [9.17, 15) is 92.9 Å². The number of aliphatic hydroxyl groups is 1. The molecule has 2 aliphatic rings. The topological polar surface area (TPSA) is 29.5 Å². The van der Waals surface area contributed by atoms with Gasteiger partial charge in [0.1, 0.15) is 0 Å². The molecule has 0 radical (unpaired) electrons. The van der Waals surface area contributed by atoms with Gasteiger partial charge >= 0.3 is 48.4 Å². The molecule has 0 aliphatic heterocycles. The highest BCUT2D eigenvalue weighted by Gasteiger charge is 2.91. The Kier molecular flexibility index (Phi) is 9.05. The molecule has 2 bridgehead atoms. The fourth-order valence-corrected chi connectivity index (χ4v) is 5.38. The molecule has 0 saturated heterocycles. The van der Waals surface area contributed by atoms with Gasteiger partial charge in [-0.25, -0.2) is 4.39 Å². The molecule has 6 atom stereocenters. The number of allylic oxidation sites excluding steroid dienone is 1. The zero-order valence-electron chi connectivity index (χ0n) is 20.7. The number of hydrogen-bond acceptors (Lipinski definition) is 2. The van der Waals surface area contributed by atoms with Crippen LogP contribution in [0.2, 0.25) is 0 Å². The van der Waals surface area contributed by atoms with Crippen molar-refractivity contribution in [3.63, 3.8) is 0 Å². The largest absolute Gasteiger partial charge is 0.456 e. The molecule has 2 aliphatic carbocycles. The zero-order chi connectivity index (χ0) is 34.3. The van der Waals surface area contributed by atoms with E-state index in [0.29, 0.717) is 0 Å². The Labute approximate surface area is 227 Å². The monoisotopic (exact) mass is 682 g/mol. The van der Waals surface area contributed by atoms with Gasteiger partial charge in [0.15, 0.2) is 5.60 Å². The van der Waals surface area contributed by atoms with Gasteiger partial charge in [-0.15, -0.1) is 0 Å². The summed E-state index contributed by atoms with van der Waals surface area (Å²) in [4.78, 5) is 0. The number of hydrogen-bond donors (Lipinski definition) is 1. The first kappa shape index (κ1) is 37.4. The van der Waals surface area contributed by atoms with Crippen molar-refractivity contribution in [2.75, 3.05) is 0 Å². The number of ether oxygens (including phenoxy) is 1. The summed E-state index contributed by atoms with van der Waals surface area (Å²) >= 11 is 0. The Balaban J connectivity index is 2.82. The summed E-state index contributed by atoms with van der Waals surface area (Å²) in [5.74, 6) is -20.8. The summed E-state index contributed by atoms with van der Waals surface area (Å²) in [6.07, 6.45) is -45.7. The van der Waals surface area contributed by atoms with E-state index < -0.39 is 103 Å². The summed E-state index contributed by atoms with van der Waals surface area (Å²) < 4.78 is 278. The molecular weight excluding hydrogens is 664 g/mol. The van der Waals surface area contributed by atoms with Gasteiger partial charge in [-0.1, -0.05) is 19.1 Å². The summed E-state index contributed by atoms with van der Waals surface area (Å²) in [6, 6.07) is 0. The highest BCUT2D eigenvalue weighted by atomic mass is 19.4. The van der Waals surface area contributed by atoms with Gasteiger partial charge in [0.2, 0.25) is 5.60 Å². The van der Waals surface area contributed by atoms with E-state index in [0.717, 1.165) is 6.08 Å². The molecule has 0 aromatic rings. The van der Waals surface area contributed by atoms with E-state index in [1.807, 2.05) is 0 Å². The molecule has 1 saturated carbocycles. The van der Waals surface area contributed by atoms with Gasteiger partial charge in [-0.05, 0) is 37.5 Å². The Bertz CT molecular complexity index is 1020. The van der Waals surface area contributed by atoms with Crippen LogP contribution in [0.4, 0.5) is 87.8 Å². The molecule has 2 nitrogen and oxygen atoms in total. The van der Waals surface area contributed by atoms with E-state index >= 15 is 0 Å². The van der Waals surface area contributed by atoms with Crippen LogP contribution in [-0.4, -0.2) is 70.8 Å².